The topological polar surface area (TPSA) is 211 Å². The summed E-state index contributed by atoms with van der Waals surface area (Å²) in [4.78, 5) is 52.7. The van der Waals surface area contributed by atoms with Gasteiger partial charge < -0.3 is 35.3 Å². The number of hydrogen-bond acceptors (Lipinski definition) is 14. The highest BCUT2D eigenvalue weighted by Crippen LogP contribution is 2.40. The van der Waals surface area contributed by atoms with E-state index in [0.29, 0.717) is 45.9 Å². The Morgan fingerprint density at radius 1 is 0.782 bits per heavy atom. The number of alkyl halides is 3. The fourth-order valence-electron chi connectivity index (χ4n) is 10.6. The van der Waals surface area contributed by atoms with Gasteiger partial charge in [-0.25, -0.2) is 4.79 Å². The van der Waals surface area contributed by atoms with Gasteiger partial charge in [0.15, 0.2) is 11.6 Å². The quantitative estimate of drug-likeness (QED) is 0.0864. The number of fused-ring (bicyclic) bond motifs is 3. The number of phenols is 2. The van der Waals surface area contributed by atoms with Gasteiger partial charge in [0.25, 0.3) is 5.91 Å². The van der Waals surface area contributed by atoms with Crippen molar-refractivity contribution in [1.29, 1.82) is 0 Å². The molecule has 78 heavy (non-hydrogen) atoms. The Labute approximate surface area is 459 Å². The lowest BCUT2D eigenvalue weighted by Gasteiger charge is -2.39. The second-order valence-corrected chi connectivity index (χ2v) is 22.1. The molecule has 4 N–H and O–H groups in total. The number of aromatic hydroxyl groups is 2. The monoisotopic (exact) mass is 1110 g/mol. The first-order valence-corrected chi connectivity index (χ1v) is 27.5. The Bertz CT molecular complexity index is 3160. The van der Waals surface area contributed by atoms with Crippen LogP contribution in [0, 0.1) is 33.6 Å². The van der Waals surface area contributed by atoms with E-state index in [4.69, 9.17) is 26.5 Å². The molecule has 0 spiro atoms. The van der Waals surface area contributed by atoms with Gasteiger partial charge in [0, 0.05) is 98.2 Å². The second-order valence-electron chi connectivity index (χ2n) is 20.5. The van der Waals surface area contributed by atoms with Gasteiger partial charge >= 0.3 is 12.1 Å². The number of piperidine rings is 2. The molecular weight excluding hydrogens is 1050 g/mol. The number of halogens is 4. The molecule has 414 valence electrons. The summed E-state index contributed by atoms with van der Waals surface area (Å²) in [5.41, 5.74) is 6.83. The van der Waals surface area contributed by atoms with E-state index in [1.165, 1.54) is 35.8 Å². The molecule has 6 aromatic rings. The molecule has 0 aliphatic carbocycles. The highest BCUT2D eigenvalue weighted by Gasteiger charge is 2.38. The van der Waals surface area contributed by atoms with E-state index in [1.54, 1.807) is 28.9 Å². The Morgan fingerprint density at radius 2 is 1.45 bits per heavy atom. The maximum Gasteiger partial charge on any atom is 0.490 e. The zero-order chi connectivity index (χ0) is 55.4. The normalized spacial score (nSPS) is 17.6. The van der Waals surface area contributed by atoms with Crippen molar-refractivity contribution in [1.82, 2.24) is 54.4 Å². The molecule has 3 fully saturated rings. The van der Waals surface area contributed by atoms with Crippen LogP contribution in [-0.2, 0) is 16.1 Å². The third-order valence-corrected chi connectivity index (χ3v) is 16.5. The number of likely N-dealkylation sites (tertiary alicyclic amines) is 2. The number of nitrogens with one attached hydrogen (secondary N) is 1. The first-order valence-electron chi connectivity index (χ1n) is 26.3. The van der Waals surface area contributed by atoms with Crippen molar-refractivity contribution in [3.63, 3.8) is 0 Å². The van der Waals surface area contributed by atoms with Crippen LogP contribution in [0.25, 0.3) is 22.1 Å². The number of carbonyl (C=O) groups excluding carboxylic acids is 2. The van der Waals surface area contributed by atoms with Crippen molar-refractivity contribution in [3.05, 3.63) is 116 Å². The van der Waals surface area contributed by atoms with E-state index < -0.39 is 18.2 Å². The number of aliphatic imine (C=N–C) groups is 1. The van der Waals surface area contributed by atoms with E-state index in [2.05, 4.69) is 71.0 Å². The van der Waals surface area contributed by atoms with Crippen LogP contribution >= 0.6 is 22.9 Å². The fourth-order valence-corrected chi connectivity index (χ4v) is 11.9. The van der Waals surface area contributed by atoms with Gasteiger partial charge in [-0.3, -0.25) is 28.6 Å². The molecule has 0 radical (unpaired) electrons. The number of piperazine rings is 1. The number of benzene rings is 3. The molecule has 4 aliphatic rings. The van der Waals surface area contributed by atoms with Crippen LogP contribution in [0.2, 0.25) is 5.02 Å². The molecule has 18 nitrogen and oxygen atoms in total. The summed E-state index contributed by atoms with van der Waals surface area (Å²) in [7, 11) is 0. The van der Waals surface area contributed by atoms with Gasteiger partial charge in [0.05, 0.1) is 17.7 Å². The number of hydrogen-bond donors (Lipinski definition) is 4. The van der Waals surface area contributed by atoms with Gasteiger partial charge in [-0.15, -0.1) is 31.7 Å². The standard InChI is InChI=1S/C53H63ClN12O4S.C2HF3O2/c1-33-28-42(45(68)30-44(33)67)49-58-60-51(52(70)55-18-23-61-19-6-5-7-20-61)66(49)41-14-8-37(9-15-41)31-62-24-26-63(27-25-62)32-38-16-21-64(22-17-38)46(69)29-43-50-59-57-36(4)65(50)53-47(34(2)35(3)71-53)48(56-43)39-10-12-40(54)13-11-39;3-2(4,5)1(6)7/h8-15,28,30,38,43,67-68H,5-7,16-27,29,31-32H2,1-4H3,(H,55,70);(H,6,7)/t43-;/m0./s1. The number of carboxylic acid groups (broad SMARTS) is 1. The van der Waals surface area contributed by atoms with Gasteiger partial charge in [-0.2, -0.15) is 13.2 Å². The molecule has 23 heteroatoms. The number of carbonyl (C=O) groups is 3. The second kappa shape index (κ2) is 24.1. The van der Waals surface area contributed by atoms with Crippen molar-refractivity contribution in [3.8, 4) is 33.6 Å². The van der Waals surface area contributed by atoms with E-state index in [-0.39, 0.29) is 35.6 Å². The number of carboxylic acids is 1. The zero-order valence-electron chi connectivity index (χ0n) is 44.1. The lowest BCUT2D eigenvalue weighted by Crippen LogP contribution is -2.48. The SMILES string of the molecule is Cc1cc(-c2nnc(C(=O)NCCN3CCCCC3)n2-c2ccc(CN3CCN(CC4CCN(C(=O)C[C@@H]5N=C(c6ccc(Cl)cc6)c6c(sc(C)c6C)-n6c(C)nnc65)CC4)CC3)cc2)c(O)cc1O.O=C(O)C(F)(F)F. The van der Waals surface area contributed by atoms with Crippen molar-refractivity contribution >= 4 is 46.4 Å². The van der Waals surface area contributed by atoms with Crippen LogP contribution in [0.3, 0.4) is 0 Å². The predicted molar refractivity (Wildman–Crippen MR) is 290 cm³/mol. The van der Waals surface area contributed by atoms with Crippen LogP contribution in [0.4, 0.5) is 13.2 Å². The smallest absolute Gasteiger partial charge is 0.490 e. The van der Waals surface area contributed by atoms with Crippen LogP contribution in [0.1, 0.15) is 99.5 Å². The van der Waals surface area contributed by atoms with Crippen LogP contribution in [0.5, 0.6) is 11.5 Å². The van der Waals surface area contributed by atoms with Gasteiger partial charge in [-0.1, -0.05) is 42.3 Å². The minimum Gasteiger partial charge on any atom is -0.508 e. The number of phenolic OH excluding ortho intramolecular Hbond substituents is 2. The van der Waals surface area contributed by atoms with Gasteiger partial charge in [0.2, 0.25) is 11.7 Å². The lowest BCUT2D eigenvalue weighted by molar-refractivity contribution is -0.192. The summed E-state index contributed by atoms with van der Waals surface area (Å²) in [6.45, 7) is 18.5. The molecule has 3 saturated heterocycles. The molecule has 0 saturated carbocycles. The van der Waals surface area contributed by atoms with Crippen molar-refractivity contribution < 1.29 is 42.9 Å². The maximum absolute atomic E-state index is 14.1. The summed E-state index contributed by atoms with van der Waals surface area (Å²) in [6, 6.07) is 18.4. The largest absolute Gasteiger partial charge is 0.508 e. The number of nitrogens with zero attached hydrogens (tertiary/aromatic N) is 11. The molecular formula is C55H64ClF3N12O6S. The average molecular weight is 1110 g/mol. The summed E-state index contributed by atoms with van der Waals surface area (Å²) in [6.07, 6.45) is 0.680. The number of thiophene rings is 1. The van der Waals surface area contributed by atoms with Gasteiger partial charge in [-0.05, 0) is 119 Å². The first kappa shape index (κ1) is 56.0. The Morgan fingerprint density at radius 3 is 2.12 bits per heavy atom. The third kappa shape index (κ3) is 12.7. The van der Waals surface area contributed by atoms with E-state index in [9.17, 15) is 33.0 Å². The van der Waals surface area contributed by atoms with Crippen LogP contribution < -0.4 is 5.32 Å². The van der Waals surface area contributed by atoms with E-state index in [0.717, 1.165) is 118 Å². The molecule has 2 amide bonds. The van der Waals surface area contributed by atoms with E-state index in [1.807, 2.05) is 48.2 Å². The fraction of sp³-hybridized carbons (Fsp3) is 0.455. The number of aromatic nitrogens is 6. The predicted octanol–water partition coefficient (Wildman–Crippen LogP) is 8.06. The molecule has 0 unspecified atom stereocenters. The third-order valence-electron chi connectivity index (χ3n) is 15.1. The first-order chi connectivity index (χ1) is 37.3. The molecule has 4 aliphatic heterocycles. The number of amides is 2. The Hall–Kier alpha value is -6.72. The Balaban J connectivity index is 0.000000990. The number of aliphatic carboxylic acids is 1. The lowest BCUT2D eigenvalue weighted by atomic mass is 9.95. The summed E-state index contributed by atoms with van der Waals surface area (Å²) in [5, 5.41) is 50.9. The molecule has 0 bridgehead atoms. The maximum atomic E-state index is 14.1. The molecule has 3 aromatic heterocycles. The minimum atomic E-state index is -5.08. The van der Waals surface area contributed by atoms with Crippen LogP contribution in [0.15, 0.2) is 65.7 Å². The zero-order valence-corrected chi connectivity index (χ0v) is 45.6. The minimum absolute atomic E-state index is 0.0269. The highest BCUT2D eigenvalue weighted by molar-refractivity contribution is 7.15. The molecule has 7 heterocycles. The average Bonchev–Trinajstić information content (AvgIpc) is 4.16. The summed E-state index contributed by atoms with van der Waals surface area (Å²) < 4.78 is 35.5. The van der Waals surface area contributed by atoms with Crippen molar-refractivity contribution in [2.75, 3.05) is 72.0 Å². The highest BCUT2D eigenvalue weighted by atomic mass is 35.5. The Kier molecular flexibility index (Phi) is 17.3. The van der Waals surface area contributed by atoms with Crippen molar-refractivity contribution in [2.45, 2.75) is 85.0 Å². The number of rotatable bonds is 13. The molecule has 10 rings (SSSR count). The number of aryl methyl sites for hydroxylation is 3. The summed E-state index contributed by atoms with van der Waals surface area (Å²) >= 11 is 8.02. The van der Waals surface area contributed by atoms with E-state index >= 15 is 0 Å². The van der Waals surface area contributed by atoms with Gasteiger partial charge in [0.1, 0.15) is 28.4 Å². The summed E-state index contributed by atoms with van der Waals surface area (Å²) in [5.74, 6) is -0.738. The van der Waals surface area contributed by atoms with Crippen molar-refractivity contribution in [2.24, 2.45) is 10.9 Å². The molecule has 3 aromatic carbocycles. The van der Waals surface area contributed by atoms with Crippen LogP contribution in [-0.4, -0.2) is 166 Å². The molecule has 1 atom stereocenters.